The number of fused-ring (bicyclic) bond motifs is 1. The van der Waals surface area contributed by atoms with Gasteiger partial charge in [-0.1, -0.05) is 41.5 Å². The number of methoxy groups -OCH3 is 1. The lowest BCUT2D eigenvalue weighted by Crippen LogP contribution is -2.24. The van der Waals surface area contributed by atoms with Crippen LogP contribution in [0.1, 0.15) is 79.1 Å². The monoisotopic (exact) mass is 393 g/mol. The molecule has 1 N–H and O–H groups in total. The largest absolute Gasteiger partial charge is 0.507 e. The Kier molecular flexibility index (Phi) is 4.89. The second-order valence-electron chi connectivity index (χ2n) is 9.39. The van der Waals surface area contributed by atoms with Crippen molar-refractivity contribution in [2.75, 3.05) is 7.11 Å². The van der Waals surface area contributed by atoms with E-state index in [-0.39, 0.29) is 45.0 Å². The minimum Gasteiger partial charge on any atom is -0.507 e. The van der Waals surface area contributed by atoms with Crippen molar-refractivity contribution in [1.29, 1.82) is 0 Å². The van der Waals surface area contributed by atoms with Crippen molar-refractivity contribution in [1.82, 2.24) is 4.98 Å². The molecule has 0 bridgehead atoms. The molecule has 0 spiro atoms. The minimum atomic E-state index is -0.416. The third kappa shape index (κ3) is 3.46. The molecule has 0 atom stereocenters. The number of aromatic hydroxyl groups is 1. The van der Waals surface area contributed by atoms with E-state index in [4.69, 9.17) is 4.74 Å². The molecular weight excluding hydrogens is 366 g/mol. The number of phenolic OH excluding ortho intramolecular Hbond substituents is 1. The molecule has 0 amide bonds. The molecule has 5 heteroatoms. The van der Waals surface area contributed by atoms with Crippen molar-refractivity contribution in [3.8, 4) is 5.75 Å². The minimum absolute atomic E-state index is 0.0217. The summed E-state index contributed by atoms with van der Waals surface area (Å²) in [5, 5.41) is 11.0. The molecule has 29 heavy (non-hydrogen) atoms. The molecule has 152 valence electrons. The second kappa shape index (κ2) is 6.83. The fraction of sp³-hybridized carbons (Fsp3) is 0.375. The van der Waals surface area contributed by atoms with Crippen LogP contribution in [0.3, 0.4) is 0 Å². The van der Waals surface area contributed by atoms with E-state index >= 15 is 0 Å². The van der Waals surface area contributed by atoms with Gasteiger partial charge in [0.2, 0.25) is 5.78 Å². The molecule has 0 fully saturated rings. The predicted molar refractivity (Wildman–Crippen MR) is 112 cm³/mol. The Bertz CT molecular complexity index is 1010. The van der Waals surface area contributed by atoms with Gasteiger partial charge >= 0.3 is 0 Å². The van der Waals surface area contributed by atoms with Gasteiger partial charge in [-0.3, -0.25) is 14.6 Å². The van der Waals surface area contributed by atoms with Gasteiger partial charge in [0, 0.05) is 17.3 Å². The van der Waals surface area contributed by atoms with Gasteiger partial charge in [-0.25, -0.2) is 0 Å². The molecule has 1 aromatic heterocycles. The van der Waals surface area contributed by atoms with Crippen molar-refractivity contribution in [2.24, 2.45) is 0 Å². The van der Waals surface area contributed by atoms with Crippen LogP contribution in [0.25, 0.3) is 5.57 Å². The molecule has 1 aliphatic carbocycles. The van der Waals surface area contributed by atoms with Crippen LogP contribution >= 0.6 is 0 Å². The molecule has 0 radical (unpaired) electrons. The number of ether oxygens (including phenoxy) is 1. The molecule has 5 nitrogen and oxygen atoms in total. The van der Waals surface area contributed by atoms with Crippen LogP contribution in [0.2, 0.25) is 0 Å². The van der Waals surface area contributed by atoms with Crippen molar-refractivity contribution in [3.63, 3.8) is 0 Å². The van der Waals surface area contributed by atoms with Gasteiger partial charge < -0.3 is 9.84 Å². The molecule has 0 saturated carbocycles. The molecule has 2 aromatic rings. The fourth-order valence-electron chi connectivity index (χ4n) is 3.61. The highest BCUT2D eigenvalue weighted by Crippen LogP contribution is 2.42. The third-order valence-electron chi connectivity index (χ3n) is 5.15. The number of Topliss-reactive ketones (excluding diaryl/α,β-unsaturated/α-hetero) is 2. The van der Waals surface area contributed by atoms with Gasteiger partial charge in [0.25, 0.3) is 0 Å². The van der Waals surface area contributed by atoms with Gasteiger partial charge in [0.1, 0.15) is 11.4 Å². The number of ketones is 2. The molecule has 1 heterocycles. The predicted octanol–water partition coefficient (Wildman–Crippen LogP) is 4.82. The molecule has 1 aromatic carbocycles. The Morgan fingerprint density at radius 3 is 1.97 bits per heavy atom. The van der Waals surface area contributed by atoms with Crippen LogP contribution in [-0.4, -0.2) is 28.8 Å². The Morgan fingerprint density at radius 2 is 1.48 bits per heavy atom. The Morgan fingerprint density at radius 1 is 0.931 bits per heavy atom. The summed E-state index contributed by atoms with van der Waals surface area (Å²) >= 11 is 0. The number of phenols is 1. The molecule has 0 aliphatic heterocycles. The summed E-state index contributed by atoms with van der Waals surface area (Å²) < 4.78 is 5.39. The lowest BCUT2D eigenvalue weighted by molar-refractivity contribution is 0.0920. The van der Waals surface area contributed by atoms with Gasteiger partial charge in [0.15, 0.2) is 11.5 Å². The molecule has 1 aliphatic rings. The topological polar surface area (TPSA) is 76.5 Å². The van der Waals surface area contributed by atoms with E-state index in [1.165, 1.54) is 13.3 Å². The standard InChI is InChI=1S/C24H27NO4/c1-23(2,3)15-11-13(12-16(20(15)27)24(4,5)6)17-19(26)14-9-8-10-25-18(14)21(28)22(17)29-7/h8-12,27H,1-7H3. The maximum absolute atomic E-state index is 13.3. The highest BCUT2D eigenvalue weighted by molar-refractivity contribution is 6.39. The number of hydrogen-bond acceptors (Lipinski definition) is 5. The van der Waals surface area contributed by atoms with Gasteiger partial charge in [0.05, 0.1) is 18.2 Å². The number of benzene rings is 1. The van der Waals surface area contributed by atoms with Crippen LogP contribution in [0.4, 0.5) is 0 Å². The van der Waals surface area contributed by atoms with Gasteiger partial charge in [-0.05, 0) is 40.7 Å². The first kappa shape index (κ1) is 20.8. The number of aromatic nitrogens is 1. The third-order valence-corrected chi connectivity index (χ3v) is 5.15. The summed E-state index contributed by atoms with van der Waals surface area (Å²) in [6.07, 6.45) is 1.48. The average Bonchev–Trinajstić information content (AvgIpc) is 2.63. The Hall–Kier alpha value is -2.95. The number of pyridine rings is 1. The van der Waals surface area contributed by atoms with E-state index in [0.29, 0.717) is 16.7 Å². The maximum Gasteiger partial charge on any atom is 0.247 e. The molecule has 0 saturated heterocycles. The summed E-state index contributed by atoms with van der Waals surface area (Å²) in [4.78, 5) is 30.4. The summed E-state index contributed by atoms with van der Waals surface area (Å²) in [5.41, 5.74) is 1.81. The normalized spacial score (nSPS) is 14.9. The van der Waals surface area contributed by atoms with Crippen molar-refractivity contribution >= 4 is 17.1 Å². The van der Waals surface area contributed by atoms with E-state index < -0.39 is 5.78 Å². The zero-order valence-corrected chi connectivity index (χ0v) is 18.0. The summed E-state index contributed by atoms with van der Waals surface area (Å²) in [5.74, 6) is -0.535. The van der Waals surface area contributed by atoms with Crippen LogP contribution in [-0.2, 0) is 15.6 Å². The van der Waals surface area contributed by atoms with E-state index in [9.17, 15) is 14.7 Å². The number of carbonyl (C=O) groups excluding carboxylic acids is 2. The molecule has 3 rings (SSSR count). The fourth-order valence-corrected chi connectivity index (χ4v) is 3.61. The van der Waals surface area contributed by atoms with Crippen LogP contribution < -0.4 is 0 Å². The first-order valence-corrected chi connectivity index (χ1v) is 9.59. The van der Waals surface area contributed by atoms with Gasteiger partial charge in [-0.15, -0.1) is 0 Å². The number of nitrogens with zero attached hydrogens (tertiary/aromatic N) is 1. The highest BCUT2D eigenvalue weighted by atomic mass is 16.5. The number of hydrogen-bond donors (Lipinski definition) is 1. The summed E-state index contributed by atoms with van der Waals surface area (Å²) in [7, 11) is 1.38. The Labute approximate surface area is 171 Å². The van der Waals surface area contributed by atoms with Gasteiger partial charge in [-0.2, -0.15) is 0 Å². The Balaban J connectivity index is 2.38. The van der Waals surface area contributed by atoms with E-state index in [2.05, 4.69) is 4.98 Å². The number of allylic oxidation sites excluding steroid dienone is 2. The summed E-state index contributed by atoms with van der Waals surface area (Å²) in [6.45, 7) is 12.0. The van der Waals surface area contributed by atoms with Crippen LogP contribution in [0, 0.1) is 0 Å². The SMILES string of the molecule is COC1=C(c2cc(C(C)(C)C)c(O)c(C(C)(C)C)c2)C(=O)c2cccnc2C1=O. The average molecular weight is 393 g/mol. The molecular formula is C24H27NO4. The lowest BCUT2D eigenvalue weighted by atomic mass is 9.76. The maximum atomic E-state index is 13.3. The van der Waals surface area contributed by atoms with E-state index in [1.54, 1.807) is 24.3 Å². The van der Waals surface area contributed by atoms with Crippen molar-refractivity contribution < 1.29 is 19.4 Å². The smallest absolute Gasteiger partial charge is 0.247 e. The first-order valence-electron chi connectivity index (χ1n) is 9.59. The zero-order chi connectivity index (χ0) is 21.7. The van der Waals surface area contributed by atoms with E-state index in [1.807, 2.05) is 41.5 Å². The summed E-state index contributed by atoms with van der Waals surface area (Å²) in [6, 6.07) is 6.80. The number of carbonyl (C=O) groups is 2. The highest BCUT2D eigenvalue weighted by Gasteiger charge is 2.36. The molecule has 0 unspecified atom stereocenters. The van der Waals surface area contributed by atoms with E-state index in [0.717, 1.165) is 0 Å². The zero-order valence-electron chi connectivity index (χ0n) is 18.0. The number of rotatable bonds is 2. The second-order valence-corrected chi connectivity index (χ2v) is 9.39. The van der Waals surface area contributed by atoms with Crippen molar-refractivity contribution in [3.05, 3.63) is 64.2 Å². The first-order chi connectivity index (χ1) is 13.4. The lowest BCUT2D eigenvalue weighted by Gasteiger charge is -2.29. The van der Waals surface area contributed by atoms with Crippen LogP contribution in [0.5, 0.6) is 5.75 Å². The van der Waals surface area contributed by atoms with Crippen molar-refractivity contribution in [2.45, 2.75) is 52.4 Å². The van der Waals surface area contributed by atoms with Crippen LogP contribution in [0.15, 0.2) is 36.2 Å². The quantitative estimate of drug-likeness (QED) is 0.792.